The van der Waals surface area contributed by atoms with E-state index in [0.717, 1.165) is 0 Å². The van der Waals surface area contributed by atoms with Crippen LogP contribution in [0.3, 0.4) is 0 Å². The molecule has 0 unspecified atom stereocenters. The number of amides is 1. The van der Waals surface area contributed by atoms with E-state index in [1.54, 1.807) is 0 Å². The summed E-state index contributed by atoms with van der Waals surface area (Å²) in [5.74, 6) is -5.91. The van der Waals surface area contributed by atoms with Crippen LogP contribution in [0, 0.1) is 31.3 Å². The van der Waals surface area contributed by atoms with Crippen LogP contribution < -0.4 is 10.1 Å². The molecule has 33 heavy (non-hydrogen) atoms. The molecule has 12 heteroatoms. The second kappa shape index (κ2) is 16.2. The van der Waals surface area contributed by atoms with E-state index in [4.69, 9.17) is 18.9 Å². The van der Waals surface area contributed by atoms with Crippen molar-refractivity contribution in [2.75, 3.05) is 66.5 Å². The first-order chi connectivity index (χ1) is 15.8. The van der Waals surface area contributed by atoms with Crippen molar-refractivity contribution in [3.05, 3.63) is 28.6 Å². The standard InChI is InChI=1S/C21H30F3NO8/c1-14-15(2)18(23)20(19(24)17(14)22)33-16(26)4-6-29-8-10-31-12-13-32-11-9-30-7-5-25-21(27)28-3/h4-13H2,1-3H3,(H,25,27). The second-order valence-corrected chi connectivity index (χ2v) is 6.61. The molecule has 0 fully saturated rings. The summed E-state index contributed by atoms with van der Waals surface area (Å²) in [4.78, 5) is 22.5. The fourth-order valence-electron chi connectivity index (χ4n) is 2.33. The average molecular weight is 481 g/mol. The van der Waals surface area contributed by atoms with Gasteiger partial charge in [-0.05, 0) is 25.0 Å². The summed E-state index contributed by atoms with van der Waals surface area (Å²) in [7, 11) is 1.28. The van der Waals surface area contributed by atoms with Crippen LogP contribution in [0.5, 0.6) is 5.75 Å². The van der Waals surface area contributed by atoms with Gasteiger partial charge in [0.1, 0.15) is 0 Å². The predicted molar refractivity (Wildman–Crippen MR) is 110 cm³/mol. The number of carbonyl (C=O) groups excluding carboxylic acids is 2. The third-order valence-electron chi connectivity index (χ3n) is 4.30. The molecule has 1 amide bonds. The van der Waals surface area contributed by atoms with E-state index >= 15 is 0 Å². The topological polar surface area (TPSA) is 102 Å². The molecule has 0 saturated carbocycles. The number of hydrogen-bond acceptors (Lipinski definition) is 8. The molecular formula is C21H30F3NO8. The Morgan fingerprint density at radius 2 is 1.21 bits per heavy atom. The van der Waals surface area contributed by atoms with Gasteiger partial charge in [0.2, 0.25) is 11.6 Å². The van der Waals surface area contributed by atoms with Crippen molar-refractivity contribution in [1.82, 2.24) is 5.32 Å². The Labute approximate surface area is 190 Å². The third-order valence-corrected chi connectivity index (χ3v) is 4.30. The van der Waals surface area contributed by atoms with E-state index in [-0.39, 0.29) is 37.4 Å². The van der Waals surface area contributed by atoms with Crippen LogP contribution in [0.2, 0.25) is 0 Å². The van der Waals surface area contributed by atoms with Gasteiger partial charge in [-0.25, -0.2) is 13.6 Å². The normalized spacial score (nSPS) is 10.8. The Hall–Kier alpha value is -2.41. The Morgan fingerprint density at radius 3 is 1.76 bits per heavy atom. The smallest absolute Gasteiger partial charge is 0.406 e. The van der Waals surface area contributed by atoms with Gasteiger partial charge in [-0.15, -0.1) is 0 Å². The van der Waals surface area contributed by atoms with E-state index in [9.17, 15) is 22.8 Å². The van der Waals surface area contributed by atoms with Gasteiger partial charge in [0.05, 0.1) is 66.4 Å². The lowest BCUT2D eigenvalue weighted by Gasteiger charge is -2.12. The molecule has 9 nitrogen and oxygen atoms in total. The van der Waals surface area contributed by atoms with E-state index in [1.807, 2.05) is 0 Å². The molecule has 1 aromatic carbocycles. The van der Waals surface area contributed by atoms with E-state index in [0.29, 0.717) is 39.6 Å². The van der Waals surface area contributed by atoms with E-state index in [1.165, 1.54) is 21.0 Å². The monoisotopic (exact) mass is 481 g/mol. The number of nitrogens with one attached hydrogen (secondary N) is 1. The predicted octanol–water partition coefficient (Wildman–Crippen LogP) is 2.44. The molecular weight excluding hydrogens is 451 g/mol. The van der Waals surface area contributed by atoms with Crippen molar-refractivity contribution in [2.45, 2.75) is 20.3 Å². The highest BCUT2D eigenvalue weighted by Crippen LogP contribution is 2.30. The maximum Gasteiger partial charge on any atom is 0.406 e. The zero-order chi connectivity index (χ0) is 24.6. The molecule has 0 aromatic heterocycles. The summed E-state index contributed by atoms with van der Waals surface area (Å²) < 4.78 is 71.6. The SMILES string of the molecule is COC(=O)NCCOCCOCCOCCOCCC(=O)Oc1c(F)c(C)c(C)c(F)c1F. The van der Waals surface area contributed by atoms with Crippen LogP contribution in [0.4, 0.5) is 18.0 Å². The van der Waals surface area contributed by atoms with E-state index in [2.05, 4.69) is 14.8 Å². The third kappa shape index (κ3) is 10.8. The van der Waals surface area contributed by atoms with Crippen molar-refractivity contribution in [1.29, 1.82) is 0 Å². The molecule has 0 spiro atoms. The molecule has 0 atom stereocenters. The maximum atomic E-state index is 14.0. The van der Waals surface area contributed by atoms with Crippen molar-refractivity contribution in [3.63, 3.8) is 0 Å². The zero-order valence-electron chi connectivity index (χ0n) is 19.0. The van der Waals surface area contributed by atoms with Gasteiger partial charge in [0.15, 0.2) is 11.6 Å². The van der Waals surface area contributed by atoms with Crippen molar-refractivity contribution >= 4 is 12.1 Å². The Balaban J connectivity index is 2.01. The van der Waals surface area contributed by atoms with Gasteiger partial charge >= 0.3 is 12.1 Å². The van der Waals surface area contributed by atoms with Gasteiger partial charge in [-0.2, -0.15) is 4.39 Å². The van der Waals surface area contributed by atoms with Crippen molar-refractivity contribution in [2.24, 2.45) is 0 Å². The maximum absolute atomic E-state index is 14.0. The molecule has 1 rings (SSSR count). The van der Waals surface area contributed by atoms with Gasteiger partial charge in [-0.3, -0.25) is 4.79 Å². The number of hydrogen-bond donors (Lipinski definition) is 1. The van der Waals surface area contributed by atoms with E-state index < -0.39 is 35.3 Å². The van der Waals surface area contributed by atoms with Crippen LogP contribution >= 0.6 is 0 Å². The summed E-state index contributed by atoms with van der Waals surface area (Å²) in [5, 5.41) is 2.47. The van der Waals surface area contributed by atoms with Crippen molar-refractivity contribution < 1.29 is 51.2 Å². The first-order valence-electron chi connectivity index (χ1n) is 10.3. The number of carbonyl (C=O) groups is 2. The summed E-state index contributed by atoms with van der Waals surface area (Å²) in [6, 6.07) is 0. The first-order valence-corrected chi connectivity index (χ1v) is 10.3. The van der Waals surface area contributed by atoms with Crippen LogP contribution in [0.15, 0.2) is 0 Å². The lowest BCUT2D eigenvalue weighted by atomic mass is 10.1. The largest absolute Gasteiger partial charge is 0.453 e. The van der Waals surface area contributed by atoms with Gasteiger partial charge in [-0.1, -0.05) is 0 Å². The number of esters is 1. The summed E-state index contributed by atoms with van der Waals surface area (Å²) >= 11 is 0. The van der Waals surface area contributed by atoms with Crippen LogP contribution in [-0.4, -0.2) is 78.6 Å². The molecule has 188 valence electrons. The minimum atomic E-state index is -1.54. The second-order valence-electron chi connectivity index (χ2n) is 6.61. The minimum absolute atomic E-state index is 0.0581. The van der Waals surface area contributed by atoms with Crippen molar-refractivity contribution in [3.8, 4) is 5.75 Å². The number of alkyl carbamates (subject to hydrolysis) is 1. The quantitative estimate of drug-likeness (QED) is 0.166. The number of halogens is 3. The molecule has 0 aliphatic carbocycles. The molecule has 0 aliphatic heterocycles. The summed E-state index contributed by atoms with van der Waals surface area (Å²) in [5.41, 5.74) is -0.314. The fourth-order valence-corrected chi connectivity index (χ4v) is 2.33. The molecule has 0 radical (unpaired) electrons. The van der Waals surface area contributed by atoms with Gasteiger partial charge < -0.3 is 33.7 Å². The highest BCUT2D eigenvalue weighted by Gasteiger charge is 2.23. The molecule has 0 saturated heterocycles. The van der Waals surface area contributed by atoms with Crippen LogP contribution in [-0.2, 0) is 28.5 Å². The lowest BCUT2D eigenvalue weighted by Crippen LogP contribution is -2.27. The summed E-state index contributed by atoms with van der Waals surface area (Å²) in [6.07, 6.45) is -0.790. The number of rotatable bonds is 16. The molecule has 1 aromatic rings. The molecule has 1 N–H and O–H groups in total. The lowest BCUT2D eigenvalue weighted by molar-refractivity contribution is -0.136. The molecule has 0 aliphatic rings. The van der Waals surface area contributed by atoms with Gasteiger partial charge in [0, 0.05) is 6.54 Å². The highest BCUT2D eigenvalue weighted by atomic mass is 19.2. The number of benzene rings is 1. The Morgan fingerprint density at radius 1 is 0.727 bits per heavy atom. The molecule has 0 bridgehead atoms. The Kier molecular flexibility index (Phi) is 14.1. The zero-order valence-corrected chi connectivity index (χ0v) is 19.0. The first kappa shape index (κ1) is 28.6. The number of methoxy groups -OCH3 is 1. The fraction of sp³-hybridized carbons (Fsp3) is 0.619. The van der Waals surface area contributed by atoms with Crippen LogP contribution in [0.25, 0.3) is 0 Å². The highest BCUT2D eigenvalue weighted by molar-refractivity contribution is 5.72. The Bertz CT molecular complexity index is 735. The molecule has 0 heterocycles. The average Bonchev–Trinajstić information content (AvgIpc) is 2.81. The summed E-state index contributed by atoms with van der Waals surface area (Å²) in [6.45, 7) is 4.95. The number of ether oxygens (including phenoxy) is 6. The minimum Gasteiger partial charge on any atom is -0.453 e. The van der Waals surface area contributed by atoms with Crippen LogP contribution in [0.1, 0.15) is 17.5 Å². The van der Waals surface area contributed by atoms with Gasteiger partial charge in [0.25, 0.3) is 0 Å².